The summed E-state index contributed by atoms with van der Waals surface area (Å²) in [7, 11) is 2.04. The molecule has 90 valence electrons. The van der Waals surface area contributed by atoms with Crippen molar-refractivity contribution in [1.29, 1.82) is 0 Å². The highest BCUT2D eigenvalue weighted by molar-refractivity contribution is 4.57. The van der Waals surface area contributed by atoms with E-state index in [-0.39, 0.29) is 4.65 Å². The average molecular weight is 214 g/mol. The van der Waals surface area contributed by atoms with Crippen molar-refractivity contribution in [1.82, 2.24) is 4.90 Å². The second-order valence-corrected chi connectivity index (χ2v) is 4.99. The minimum atomic E-state index is 0.0320. The number of hydrogen-bond donors (Lipinski definition) is 0. The van der Waals surface area contributed by atoms with E-state index in [9.17, 15) is 5.21 Å². The molecule has 1 atom stereocenters. The predicted octanol–water partition coefficient (Wildman–Crippen LogP) is 2.56. The van der Waals surface area contributed by atoms with Gasteiger partial charge in [0.2, 0.25) is 0 Å². The molecule has 1 saturated heterocycles. The van der Waals surface area contributed by atoms with Crippen molar-refractivity contribution in [2.75, 3.05) is 33.4 Å². The molecule has 1 unspecified atom stereocenters. The number of rotatable bonds is 7. The molecule has 0 aromatic carbocycles. The van der Waals surface area contributed by atoms with Crippen LogP contribution in [0.4, 0.5) is 0 Å². The lowest BCUT2D eigenvalue weighted by atomic mass is 10.1. The molecule has 3 nitrogen and oxygen atoms in total. The maximum Gasteiger partial charge on any atom is 0.134 e. The van der Waals surface area contributed by atoms with Crippen LogP contribution in [-0.4, -0.2) is 42.9 Å². The summed E-state index contributed by atoms with van der Waals surface area (Å²) in [6, 6.07) is 0. The van der Waals surface area contributed by atoms with Gasteiger partial charge < -0.3 is 9.85 Å². The van der Waals surface area contributed by atoms with Crippen molar-refractivity contribution in [3.8, 4) is 0 Å². The van der Waals surface area contributed by atoms with Crippen LogP contribution < -0.4 is 0 Å². The van der Waals surface area contributed by atoms with E-state index >= 15 is 0 Å². The first-order valence-electron chi connectivity index (χ1n) is 6.42. The summed E-state index contributed by atoms with van der Waals surface area (Å²) in [4.78, 5) is 2.14. The van der Waals surface area contributed by atoms with Crippen molar-refractivity contribution in [3.63, 3.8) is 0 Å². The Morgan fingerprint density at radius 2 is 1.80 bits per heavy atom. The van der Waals surface area contributed by atoms with Crippen LogP contribution in [0.5, 0.6) is 0 Å². The summed E-state index contributed by atoms with van der Waals surface area (Å²) in [5.74, 6) is 0. The Balaban J connectivity index is 2.00. The van der Waals surface area contributed by atoms with Crippen molar-refractivity contribution >= 4 is 0 Å². The maximum absolute atomic E-state index is 12.1. The molecule has 1 heterocycles. The van der Waals surface area contributed by atoms with E-state index in [1.165, 1.54) is 32.1 Å². The SMILES string of the molecule is CCCCCCCC[N+]1([O-])CCN(C)C1. The maximum atomic E-state index is 12.1. The second kappa shape index (κ2) is 6.46. The van der Waals surface area contributed by atoms with Crippen molar-refractivity contribution in [2.45, 2.75) is 45.4 Å². The van der Waals surface area contributed by atoms with Crippen LogP contribution in [0, 0.1) is 5.21 Å². The van der Waals surface area contributed by atoms with E-state index in [0.29, 0.717) is 6.67 Å². The molecular weight excluding hydrogens is 188 g/mol. The third-order valence-electron chi connectivity index (χ3n) is 3.31. The molecule has 0 aliphatic carbocycles. The minimum Gasteiger partial charge on any atom is -0.632 e. The molecule has 0 aromatic rings. The molecule has 0 bridgehead atoms. The van der Waals surface area contributed by atoms with Gasteiger partial charge in [0.05, 0.1) is 19.6 Å². The molecular formula is C12H26N2O. The van der Waals surface area contributed by atoms with Gasteiger partial charge in [0, 0.05) is 0 Å². The van der Waals surface area contributed by atoms with Crippen LogP contribution in [0.25, 0.3) is 0 Å². The largest absolute Gasteiger partial charge is 0.632 e. The Labute approximate surface area is 94.2 Å². The Hall–Kier alpha value is -0.120. The fraction of sp³-hybridized carbons (Fsp3) is 1.00. The van der Waals surface area contributed by atoms with Gasteiger partial charge in [0.15, 0.2) is 0 Å². The standard InChI is InChI=1S/C12H26N2O/c1-3-4-5-6-7-8-10-14(15)11-9-13(2)12-14/h3-12H2,1-2H3. The first kappa shape index (κ1) is 12.9. The molecule has 1 aliphatic heterocycles. The van der Waals surface area contributed by atoms with Gasteiger partial charge in [-0.2, -0.15) is 0 Å². The van der Waals surface area contributed by atoms with Crippen molar-refractivity contribution in [3.05, 3.63) is 5.21 Å². The molecule has 15 heavy (non-hydrogen) atoms. The molecule has 0 radical (unpaired) electrons. The Kier molecular flexibility index (Phi) is 5.58. The summed E-state index contributed by atoms with van der Waals surface area (Å²) in [5, 5.41) is 12.1. The topological polar surface area (TPSA) is 26.3 Å². The molecule has 3 heteroatoms. The van der Waals surface area contributed by atoms with E-state index in [1.807, 2.05) is 7.05 Å². The van der Waals surface area contributed by atoms with E-state index in [1.54, 1.807) is 0 Å². The lowest BCUT2D eigenvalue weighted by molar-refractivity contribution is -0.872. The predicted molar refractivity (Wildman–Crippen MR) is 64.2 cm³/mol. The first-order valence-corrected chi connectivity index (χ1v) is 6.42. The van der Waals surface area contributed by atoms with Crippen molar-refractivity contribution < 1.29 is 4.65 Å². The van der Waals surface area contributed by atoms with Gasteiger partial charge in [-0.25, -0.2) is 0 Å². The van der Waals surface area contributed by atoms with Gasteiger partial charge in [0.1, 0.15) is 6.67 Å². The molecule has 0 N–H and O–H groups in total. The Morgan fingerprint density at radius 1 is 1.13 bits per heavy atom. The van der Waals surface area contributed by atoms with Gasteiger partial charge >= 0.3 is 0 Å². The number of hydroxylamine groups is 3. The van der Waals surface area contributed by atoms with Gasteiger partial charge in [-0.05, 0) is 19.9 Å². The molecule has 1 rings (SSSR count). The van der Waals surface area contributed by atoms with E-state index in [2.05, 4.69) is 11.8 Å². The smallest absolute Gasteiger partial charge is 0.134 e. The van der Waals surface area contributed by atoms with Gasteiger partial charge in [-0.3, -0.25) is 4.90 Å². The monoisotopic (exact) mass is 214 g/mol. The summed E-state index contributed by atoms with van der Waals surface area (Å²) in [6.07, 6.45) is 7.65. The summed E-state index contributed by atoms with van der Waals surface area (Å²) >= 11 is 0. The quantitative estimate of drug-likeness (QED) is 0.370. The van der Waals surface area contributed by atoms with Crippen LogP contribution in [0.2, 0.25) is 0 Å². The van der Waals surface area contributed by atoms with E-state index < -0.39 is 0 Å². The fourth-order valence-electron chi connectivity index (χ4n) is 2.30. The number of likely N-dealkylation sites (N-methyl/N-ethyl adjacent to an activating group) is 1. The Bertz CT molecular complexity index is 175. The minimum absolute atomic E-state index is 0.0320. The van der Waals surface area contributed by atoms with Crippen LogP contribution in [-0.2, 0) is 0 Å². The number of nitrogens with zero attached hydrogens (tertiary/aromatic N) is 2. The number of quaternary nitrogens is 1. The zero-order chi connectivity index (χ0) is 11.1. The van der Waals surface area contributed by atoms with Crippen LogP contribution in [0.3, 0.4) is 0 Å². The first-order chi connectivity index (χ1) is 7.16. The van der Waals surface area contributed by atoms with Gasteiger partial charge in [0.25, 0.3) is 0 Å². The van der Waals surface area contributed by atoms with Crippen LogP contribution in [0.15, 0.2) is 0 Å². The molecule has 0 aromatic heterocycles. The molecule has 0 saturated carbocycles. The third kappa shape index (κ3) is 4.96. The molecule has 0 amide bonds. The zero-order valence-corrected chi connectivity index (χ0v) is 10.4. The molecule has 1 fully saturated rings. The highest BCUT2D eigenvalue weighted by Crippen LogP contribution is 2.15. The zero-order valence-electron chi connectivity index (χ0n) is 10.4. The second-order valence-electron chi connectivity index (χ2n) is 4.99. The lowest BCUT2D eigenvalue weighted by Crippen LogP contribution is -2.41. The lowest BCUT2D eigenvalue weighted by Gasteiger charge is -2.38. The average Bonchev–Trinajstić information content (AvgIpc) is 2.53. The summed E-state index contributed by atoms with van der Waals surface area (Å²) < 4.78 is 0.0320. The fourth-order valence-corrected chi connectivity index (χ4v) is 2.30. The van der Waals surface area contributed by atoms with Crippen molar-refractivity contribution in [2.24, 2.45) is 0 Å². The summed E-state index contributed by atoms with van der Waals surface area (Å²) in [6.45, 7) is 5.54. The van der Waals surface area contributed by atoms with Gasteiger partial charge in [-0.15, -0.1) is 0 Å². The molecule has 1 aliphatic rings. The van der Waals surface area contributed by atoms with Gasteiger partial charge in [-0.1, -0.05) is 32.6 Å². The number of hydrogen-bond acceptors (Lipinski definition) is 2. The normalized spacial score (nSPS) is 27.4. The highest BCUT2D eigenvalue weighted by Gasteiger charge is 2.25. The van der Waals surface area contributed by atoms with E-state index in [4.69, 9.17) is 0 Å². The highest BCUT2D eigenvalue weighted by atomic mass is 16.6. The van der Waals surface area contributed by atoms with Crippen LogP contribution >= 0.6 is 0 Å². The molecule has 0 spiro atoms. The number of unbranched alkanes of at least 4 members (excludes halogenated alkanes) is 5. The summed E-state index contributed by atoms with van der Waals surface area (Å²) in [5.41, 5.74) is 0. The van der Waals surface area contributed by atoms with Crippen LogP contribution in [0.1, 0.15) is 45.4 Å². The third-order valence-corrected chi connectivity index (χ3v) is 3.31. The van der Waals surface area contributed by atoms with E-state index in [0.717, 1.165) is 26.1 Å². The Morgan fingerprint density at radius 3 is 2.40 bits per heavy atom.